The van der Waals surface area contributed by atoms with Gasteiger partial charge in [-0.1, -0.05) is 68.4 Å². The van der Waals surface area contributed by atoms with Gasteiger partial charge in [0.25, 0.3) is 0 Å². The van der Waals surface area contributed by atoms with E-state index in [0.29, 0.717) is 0 Å². The molecule has 0 saturated carbocycles. The molecule has 23 heavy (non-hydrogen) atoms. The average Bonchev–Trinajstić information content (AvgIpc) is 2.79. The van der Waals surface area contributed by atoms with Gasteiger partial charge in [-0.25, -0.2) is 0 Å². The molecule has 1 aliphatic carbocycles. The largest absolute Gasteiger partial charge is 0.0622 e. The van der Waals surface area contributed by atoms with E-state index in [-0.39, 0.29) is 5.41 Å². The molecule has 0 spiro atoms. The van der Waals surface area contributed by atoms with Crippen LogP contribution >= 0.6 is 0 Å². The Labute approximate surface area is 138 Å². The van der Waals surface area contributed by atoms with Crippen molar-refractivity contribution in [1.82, 2.24) is 0 Å². The van der Waals surface area contributed by atoms with Gasteiger partial charge in [-0.3, -0.25) is 0 Å². The summed E-state index contributed by atoms with van der Waals surface area (Å²) in [5, 5.41) is 0. The number of rotatable bonds is 1. The van der Waals surface area contributed by atoms with Crippen LogP contribution < -0.4 is 0 Å². The molecule has 0 amide bonds. The summed E-state index contributed by atoms with van der Waals surface area (Å²) in [5.41, 5.74) is 11.2. The Bertz CT molecular complexity index is 899. The first-order valence-corrected chi connectivity index (χ1v) is 8.31. The Balaban J connectivity index is 1.98. The fourth-order valence-electron chi connectivity index (χ4n) is 3.92. The molecule has 0 bridgehead atoms. The topological polar surface area (TPSA) is 0 Å². The van der Waals surface area contributed by atoms with E-state index in [4.69, 9.17) is 0 Å². The van der Waals surface area contributed by atoms with E-state index in [2.05, 4.69) is 88.4 Å². The summed E-state index contributed by atoms with van der Waals surface area (Å²) in [6, 6.07) is 22.2. The first kappa shape index (κ1) is 14.3. The molecule has 0 N–H and O–H groups in total. The standard InChI is InChI=1S/C23H22/c1-15-10-13-20-22(16(15)2)19-12-11-18(14-21(19)23(20,3)4)17-8-6-5-7-9-17/h5-14H,1-4H3. The van der Waals surface area contributed by atoms with Crippen LogP contribution in [-0.2, 0) is 5.41 Å². The number of aryl methyl sites for hydroxylation is 1. The van der Waals surface area contributed by atoms with Crippen molar-refractivity contribution < 1.29 is 0 Å². The molecule has 114 valence electrons. The fraction of sp³-hybridized carbons (Fsp3) is 0.217. The zero-order valence-corrected chi connectivity index (χ0v) is 14.3. The van der Waals surface area contributed by atoms with E-state index >= 15 is 0 Å². The lowest BCUT2D eigenvalue weighted by molar-refractivity contribution is 0.660. The van der Waals surface area contributed by atoms with Gasteiger partial charge in [0.05, 0.1) is 0 Å². The minimum Gasteiger partial charge on any atom is -0.0622 e. The lowest BCUT2D eigenvalue weighted by atomic mass is 9.81. The Morgan fingerprint density at radius 3 is 2.17 bits per heavy atom. The molecule has 0 radical (unpaired) electrons. The summed E-state index contributed by atoms with van der Waals surface area (Å²) in [6.07, 6.45) is 0. The number of fused-ring (bicyclic) bond motifs is 3. The summed E-state index contributed by atoms with van der Waals surface area (Å²) >= 11 is 0. The normalized spacial score (nSPS) is 14.4. The van der Waals surface area contributed by atoms with Crippen molar-refractivity contribution in [3.8, 4) is 22.3 Å². The third-order valence-corrected chi connectivity index (χ3v) is 5.48. The second kappa shape index (κ2) is 4.83. The molecule has 1 aliphatic rings. The quantitative estimate of drug-likeness (QED) is 0.496. The third-order valence-electron chi connectivity index (χ3n) is 5.48. The van der Waals surface area contributed by atoms with E-state index in [9.17, 15) is 0 Å². The van der Waals surface area contributed by atoms with Crippen LogP contribution in [0.15, 0.2) is 60.7 Å². The summed E-state index contributed by atoms with van der Waals surface area (Å²) in [6.45, 7) is 9.16. The Morgan fingerprint density at radius 2 is 1.43 bits per heavy atom. The van der Waals surface area contributed by atoms with Crippen molar-refractivity contribution >= 4 is 0 Å². The van der Waals surface area contributed by atoms with E-state index in [1.165, 1.54) is 44.5 Å². The van der Waals surface area contributed by atoms with Crippen LogP contribution in [0.25, 0.3) is 22.3 Å². The third kappa shape index (κ3) is 1.98. The second-order valence-corrected chi connectivity index (χ2v) is 7.18. The molecule has 0 aliphatic heterocycles. The first-order chi connectivity index (χ1) is 11.0. The summed E-state index contributed by atoms with van der Waals surface area (Å²) in [7, 11) is 0. The van der Waals surface area contributed by atoms with Crippen LogP contribution in [0.3, 0.4) is 0 Å². The molecule has 0 unspecified atom stereocenters. The molecule has 0 atom stereocenters. The minimum atomic E-state index is 0.0634. The molecule has 0 heterocycles. The van der Waals surface area contributed by atoms with Gasteiger partial charge in [-0.15, -0.1) is 0 Å². The van der Waals surface area contributed by atoms with E-state index in [1.54, 1.807) is 0 Å². The highest BCUT2D eigenvalue weighted by Crippen LogP contribution is 2.51. The van der Waals surface area contributed by atoms with Gasteiger partial charge in [-0.2, -0.15) is 0 Å². The SMILES string of the molecule is Cc1ccc2c(c1C)-c1ccc(-c3ccccc3)cc1C2(C)C. The Hall–Kier alpha value is -2.34. The lowest BCUT2D eigenvalue weighted by Gasteiger charge is -2.22. The highest BCUT2D eigenvalue weighted by atomic mass is 14.4. The van der Waals surface area contributed by atoms with Gasteiger partial charge < -0.3 is 0 Å². The Morgan fingerprint density at radius 1 is 0.696 bits per heavy atom. The van der Waals surface area contributed by atoms with Crippen molar-refractivity contribution in [2.75, 3.05) is 0 Å². The molecular formula is C23H22. The van der Waals surface area contributed by atoms with Gasteiger partial charge >= 0.3 is 0 Å². The average molecular weight is 298 g/mol. The van der Waals surface area contributed by atoms with Crippen molar-refractivity contribution in [1.29, 1.82) is 0 Å². The van der Waals surface area contributed by atoms with Crippen molar-refractivity contribution in [3.05, 3.63) is 82.9 Å². The van der Waals surface area contributed by atoms with E-state index in [1.807, 2.05) is 0 Å². The molecule has 3 aromatic carbocycles. The fourth-order valence-corrected chi connectivity index (χ4v) is 3.92. The predicted octanol–water partition coefficient (Wildman–Crippen LogP) is 6.28. The summed E-state index contributed by atoms with van der Waals surface area (Å²) in [5.74, 6) is 0. The van der Waals surface area contributed by atoms with Crippen LogP contribution in [0, 0.1) is 13.8 Å². The van der Waals surface area contributed by atoms with E-state index in [0.717, 1.165) is 0 Å². The molecule has 3 aromatic rings. The summed E-state index contributed by atoms with van der Waals surface area (Å²) in [4.78, 5) is 0. The van der Waals surface area contributed by atoms with Crippen molar-refractivity contribution in [2.24, 2.45) is 0 Å². The Kier molecular flexibility index (Phi) is 2.99. The lowest BCUT2D eigenvalue weighted by Crippen LogP contribution is -2.15. The first-order valence-electron chi connectivity index (χ1n) is 8.31. The zero-order chi connectivity index (χ0) is 16.2. The minimum absolute atomic E-state index is 0.0634. The van der Waals surface area contributed by atoms with Gasteiger partial charge in [0.2, 0.25) is 0 Å². The number of hydrogen-bond acceptors (Lipinski definition) is 0. The maximum Gasteiger partial charge on any atom is 0.0159 e. The molecule has 0 fully saturated rings. The molecule has 0 aromatic heterocycles. The monoisotopic (exact) mass is 298 g/mol. The van der Waals surface area contributed by atoms with Crippen molar-refractivity contribution in [2.45, 2.75) is 33.1 Å². The maximum atomic E-state index is 2.39. The van der Waals surface area contributed by atoms with E-state index < -0.39 is 0 Å². The van der Waals surface area contributed by atoms with Crippen LogP contribution in [0.2, 0.25) is 0 Å². The van der Waals surface area contributed by atoms with Crippen molar-refractivity contribution in [3.63, 3.8) is 0 Å². The maximum absolute atomic E-state index is 2.39. The smallest absolute Gasteiger partial charge is 0.0159 e. The van der Waals surface area contributed by atoms with Gasteiger partial charge in [0, 0.05) is 5.41 Å². The van der Waals surface area contributed by atoms with Crippen LogP contribution in [0.5, 0.6) is 0 Å². The van der Waals surface area contributed by atoms with Crippen LogP contribution in [0.1, 0.15) is 36.1 Å². The molecule has 0 heteroatoms. The molecule has 4 rings (SSSR count). The second-order valence-electron chi connectivity index (χ2n) is 7.18. The van der Waals surface area contributed by atoms with Crippen LogP contribution in [0.4, 0.5) is 0 Å². The highest BCUT2D eigenvalue weighted by Gasteiger charge is 2.36. The zero-order valence-electron chi connectivity index (χ0n) is 14.3. The van der Waals surface area contributed by atoms with Gasteiger partial charge in [-0.05, 0) is 64.4 Å². The van der Waals surface area contributed by atoms with Gasteiger partial charge in [0.15, 0.2) is 0 Å². The van der Waals surface area contributed by atoms with Crippen LogP contribution in [-0.4, -0.2) is 0 Å². The number of benzene rings is 3. The molecule has 0 nitrogen and oxygen atoms in total. The predicted molar refractivity (Wildman–Crippen MR) is 98.9 cm³/mol. The molecular weight excluding hydrogens is 276 g/mol. The number of hydrogen-bond donors (Lipinski definition) is 0. The van der Waals surface area contributed by atoms with Gasteiger partial charge in [0.1, 0.15) is 0 Å². The summed E-state index contributed by atoms with van der Waals surface area (Å²) < 4.78 is 0. The molecule has 0 saturated heterocycles. The highest BCUT2D eigenvalue weighted by molar-refractivity contribution is 5.86.